The van der Waals surface area contributed by atoms with Crippen molar-refractivity contribution in [2.75, 3.05) is 37.0 Å². The number of hydrogen-bond donors (Lipinski definition) is 2. The summed E-state index contributed by atoms with van der Waals surface area (Å²) in [5.74, 6) is -1.03. The number of anilines is 2. The maximum Gasteiger partial charge on any atom is 0.417 e. The molecule has 5 rings (SSSR count). The van der Waals surface area contributed by atoms with Gasteiger partial charge in [0.2, 0.25) is 11.8 Å². The van der Waals surface area contributed by atoms with Crippen LogP contribution >= 0.6 is 0 Å². The van der Waals surface area contributed by atoms with Crippen LogP contribution in [0.1, 0.15) is 26.7 Å². The Balaban J connectivity index is 1.49. The first-order valence-corrected chi connectivity index (χ1v) is 13.6. The molecule has 0 unspecified atom stereocenters. The first-order valence-electron chi connectivity index (χ1n) is 13.6. The molecular weight excluding hydrogens is 538 g/mol. The van der Waals surface area contributed by atoms with E-state index in [0.717, 1.165) is 25.1 Å². The molecule has 1 aliphatic carbocycles. The fraction of sp³-hybridized carbons (Fsp3) is 0.400. The van der Waals surface area contributed by atoms with Gasteiger partial charge in [-0.2, -0.15) is 22.5 Å². The number of dihydropyridines is 1. The van der Waals surface area contributed by atoms with Crippen LogP contribution in [-0.2, 0) is 4.79 Å². The Labute approximate surface area is 236 Å². The Kier molecular flexibility index (Phi) is 7.83. The summed E-state index contributed by atoms with van der Waals surface area (Å²) in [7, 11) is 2.04. The number of benzene rings is 1. The van der Waals surface area contributed by atoms with Gasteiger partial charge in [-0.3, -0.25) is 9.69 Å². The van der Waals surface area contributed by atoms with Gasteiger partial charge < -0.3 is 20.3 Å². The van der Waals surface area contributed by atoms with Gasteiger partial charge in [-0.05, 0) is 69.5 Å². The van der Waals surface area contributed by atoms with Crippen molar-refractivity contribution in [1.29, 1.82) is 0 Å². The lowest BCUT2D eigenvalue weighted by Gasteiger charge is -2.44. The highest BCUT2D eigenvalue weighted by atomic mass is 19.4. The molecule has 7 nitrogen and oxygen atoms in total. The third-order valence-corrected chi connectivity index (χ3v) is 7.80. The molecule has 1 aromatic carbocycles. The Hall–Kier alpha value is -3.86. The number of nitrogens with zero attached hydrogens (tertiary/aromatic N) is 3. The standard InChI is InChI=1S/C30H33F4N5O2/c1-17-11-24(30(32,33)34)23(13-35-17)29(40)36-25-12-21(7-9-26(25)39-14-18(2)38(4)19(3)15-39)22-8-10-27(37-28(22)31)41-16-20-5-6-20/h7-13,18-20,35H,1,5-6,14-16H2,2-4H3,(H,36,40)/t18-,19+. The molecule has 11 heteroatoms. The number of halogens is 4. The van der Waals surface area contributed by atoms with Gasteiger partial charge in [0.05, 0.1) is 29.1 Å². The predicted octanol–water partition coefficient (Wildman–Crippen LogP) is 5.63. The lowest BCUT2D eigenvalue weighted by molar-refractivity contribution is -0.115. The number of likely N-dealkylation sites (N-methyl/N-ethyl adjacent to an activating group) is 1. The minimum atomic E-state index is -4.76. The van der Waals surface area contributed by atoms with Crippen LogP contribution in [0, 0.1) is 11.9 Å². The van der Waals surface area contributed by atoms with E-state index < -0.39 is 29.2 Å². The van der Waals surface area contributed by atoms with E-state index in [1.165, 1.54) is 0 Å². The molecule has 3 aliphatic rings. The van der Waals surface area contributed by atoms with Crippen molar-refractivity contribution in [2.24, 2.45) is 5.92 Å². The number of aromatic nitrogens is 1. The molecule has 0 bridgehead atoms. The van der Waals surface area contributed by atoms with Crippen molar-refractivity contribution < 1.29 is 27.1 Å². The van der Waals surface area contributed by atoms with E-state index in [0.29, 0.717) is 36.9 Å². The van der Waals surface area contributed by atoms with Crippen LogP contribution in [0.25, 0.3) is 11.1 Å². The molecule has 2 aromatic rings. The number of pyridine rings is 1. The lowest BCUT2D eigenvalue weighted by Crippen LogP contribution is -2.55. The molecule has 0 spiro atoms. The van der Waals surface area contributed by atoms with Gasteiger partial charge in [0.1, 0.15) is 0 Å². The van der Waals surface area contributed by atoms with E-state index >= 15 is 4.39 Å². The number of piperazine rings is 1. The van der Waals surface area contributed by atoms with Gasteiger partial charge in [0, 0.05) is 48.7 Å². The Bertz CT molecular complexity index is 1400. The zero-order chi connectivity index (χ0) is 29.5. The molecular formula is C30H33F4N5O2. The summed E-state index contributed by atoms with van der Waals surface area (Å²) in [4.78, 5) is 21.6. The molecule has 1 saturated heterocycles. The molecule has 1 aromatic heterocycles. The second-order valence-corrected chi connectivity index (χ2v) is 11.0. The van der Waals surface area contributed by atoms with Gasteiger partial charge in [-0.15, -0.1) is 0 Å². The van der Waals surface area contributed by atoms with E-state index in [2.05, 4.69) is 45.8 Å². The molecule has 0 radical (unpaired) electrons. The van der Waals surface area contributed by atoms with Crippen molar-refractivity contribution in [3.05, 3.63) is 72.0 Å². The average molecular weight is 572 g/mol. The first-order chi connectivity index (χ1) is 19.4. The van der Waals surface area contributed by atoms with E-state index in [1.807, 2.05) is 7.05 Å². The van der Waals surface area contributed by atoms with Crippen LogP contribution in [0.4, 0.5) is 28.9 Å². The Morgan fingerprint density at radius 1 is 1.17 bits per heavy atom. The molecule has 2 N–H and O–H groups in total. The summed E-state index contributed by atoms with van der Waals surface area (Å²) >= 11 is 0. The van der Waals surface area contributed by atoms with Crippen LogP contribution in [0.5, 0.6) is 5.88 Å². The third-order valence-electron chi connectivity index (χ3n) is 7.80. The molecule has 2 atom stereocenters. The molecule has 218 valence electrons. The minimum Gasteiger partial charge on any atom is -0.477 e. The minimum absolute atomic E-state index is 0.0181. The van der Waals surface area contributed by atoms with Crippen LogP contribution in [0.2, 0.25) is 0 Å². The van der Waals surface area contributed by atoms with E-state index in [-0.39, 0.29) is 34.9 Å². The average Bonchev–Trinajstić information content (AvgIpc) is 3.74. The van der Waals surface area contributed by atoms with E-state index in [1.54, 1.807) is 30.3 Å². The number of hydrogen-bond acceptors (Lipinski definition) is 6. The number of carbonyl (C=O) groups excluding carboxylic acids is 1. The smallest absolute Gasteiger partial charge is 0.417 e. The second-order valence-electron chi connectivity index (χ2n) is 11.0. The molecule has 41 heavy (non-hydrogen) atoms. The monoisotopic (exact) mass is 571 g/mol. The number of allylic oxidation sites excluding steroid dienone is 1. The number of ether oxygens (including phenoxy) is 1. The van der Waals surface area contributed by atoms with E-state index in [9.17, 15) is 18.0 Å². The summed E-state index contributed by atoms with van der Waals surface area (Å²) in [5.41, 5.74) is -0.189. The molecule has 2 aliphatic heterocycles. The summed E-state index contributed by atoms with van der Waals surface area (Å²) in [6.07, 6.45) is -0.792. The fourth-order valence-corrected chi connectivity index (χ4v) is 5.03. The summed E-state index contributed by atoms with van der Waals surface area (Å²) in [5, 5.41) is 5.26. The molecule has 1 saturated carbocycles. The summed E-state index contributed by atoms with van der Waals surface area (Å²) in [6, 6.07) is 8.54. The van der Waals surface area contributed by atoms with Gasteiger partial charge >= 0.3 is 6.18 Å². The van der Waals surface area contributed by atoms with Crippen molar-refractivity contribution >= 4 is 17.3 Å². The Morgan fingerprint density at radius 2 is 1.88 bits per heavy atom. The number of carbonyl (C=O) groups is 1. The van der Waals surface area contributed by atoms with Crippen LogP contribution in [0.15, 0.2) is 66.0 Å². The summed E-state index contributed by atoms with van der Waals surface area (Å²) in [6.45, 7) is 9.41. The Morgan fingerprint density at radius 3 is 2.51 bits per heavy atom. The van der Waals surface area contributed by atoms with Crippen LogP contribution < -0.4 is 20.3 Å². The zero-order valence-electron chi connectivity index (χ0n) is 23.2. The van der Waals surface area contributed by atoms with Crippen molar-refractivity contribution in [2.45, 2.75) is 44.9 Å². The van der Waals surface area contributed by atoms with Crippen molar-refractivity contribution in [3.8, 4) is 17.0 Å². The maximum atomic E-state index is 15.1. The van der Waals surface area contributed by atoms with Crippen LogP contribution in [0.3, 0.4) is 0 Å². The lowest BCUT2D eigenvalue weighted by atomic mass is 10.0. The van der Waals surface area contributed by atoms with Crippen molar-refractivity contribution in [3.63, 3.8) is 0 Å². The molecule has 2 fully saturated rings. The normalized spacial score (nSPS) is 21.6. The van der Waals surface area contributed by atoms with Gasteiger partial charge in [0.15, 0.2) is 0 Å². The number of nitrogens with one attached hydrogen (secondary N) is 2. The molecule has 3 heterocycles. The zero-order valence-corrected chi connectivity index (χ0v) is 23.2. The fourth-order valence-electron chi connectivity index (χ4n) is 5.03. The van der Waals surface area contributed by atoms with Crippen molar-refractivity contribution in [1.82, 2.24) is 15.2 Å². The predicted molar refractivity (Wildman–Crippen MR) is 150 cm³/mol. The number of amides is 1. The third kappa shape index (κ3) is 6.40. The maximum absolute atomic E-state index is 15.1. The highest BCUT2D eigenvalue weighted by molar-refractivity contribution is 6.09. The first kappa shape index (κ1) is 28.7. The number of alkyl halides is 3. The highest BCUT2D eigenvalue weighted by Gasteiger charge is 2.40. The van der Waals surface area contributed by atoms with Gasteiger partial charge in [-0.25, -0.2) is 0 Å². The van der Waals surface area contributed by atoms with E-state index in [4.69, 9.17) is 4.74 Å². The van der Waals surface area contributed by atoms with Gasteiger partial charge in [-0.1, -0.05) is 12.6 Å². The quantitative estimate of drug-likeness (QED) is 0.332. The molecule has 1 amide bonds. The van der Waals surface area contributed by atoms with Crippen LogP contribution in [-0.4, -0.2) is 60.8 Å². The highest BCUT2D eigenvalue weighted by Crippen LogP contribution is 2.38. The van der Waals surface area contributed by atoms with Gasteiger partial charge in [0.25, 0.3) is 5.91 Å². The number of rotatable bonds is 7. The topological polar surface area (TPSA) is 69.7 Å². The largest absolute Gasteiger partial charge is 0.477 e. The SMILES string of the molecule is C=C1C=C(C(F)(F)F)C(C(=O)Nc2cc(-c3ccc(OCC4CC4)nc3F)ccc2N2C[C@@H](C)N(C)[C@@H](C)C2)=CN1. The summed E-state index contributed by atoms with van der Waals surface area (Å²) < 4.78 is 62.1. The second kappa shape index (κ2) is 11.2.